The molecule has 0 unspecified atom stereocenters. The van der Waals surface area contributed by atoms with Crippen LogP contribution in [0.4, 0.5) is 0 Å². The van der Waals surface area contributed by atoms with Gasteiger partial charge < -0.3 is 44.9 Å². The number of likely N-dealkylation sites (tertiary alicyclic amines) is 1. The Balaban J connectivity index is 1.32. The molecule has 0 spiro atoms. The Bertz CT molecular complexity index is 1770. The summed E-state index contributed by atoms with van der Waals surface area (Å²) in [5.41, 5.74) is 8.10. The number of halogens is 1. The Morgan fingerprint density at radius 3 is 2.10 bits per heavy atom. The molecule has 1 atom stereocenters. The molecule has 0 saturated carbocycles. The Morgan fingerprint density at radius 1 is 0.769 bits per heavy atom. The second kappa shape index (κ2) is 18.4. The zero-order valence-corrected chi connectivity index (χ0v) is 31.5. The highest BCUT2D eigenvalue weighted by Gasteiger charge is 2.28. The number of hydrogen-bond donors (Lipinski definition) is 5. The molecule has 4 aromatic carbocycles. The van der Waals surface area contributed by atoms with E-state index < -0.39 is 25.4 Å². The second-order valence-electron chi connectivity index (χ2n) is 13.9. The normalized spacial score (nSPS) is 14.9. The molecule has 1 fully saturated rings. The Morgan fingerprint density at radius 2 is 1.42 bits per heavy atom. The Kier molecular flexibility index (Phi) is 14.0. The molecule has 0 aromatic heterocycles. The van der Waals surface area contributed by atoms with E-state index in [0.29, 0.717) is 35.3 Å². The molecule has 9 nitrogen and oxygen atoms in total. The van der Waals surface area contributed by atoms with Crippen molar-refractivity contribution >= 4 is 11.6 Å². The van der Waals surface area contributed by atoms with Crippen molar-refractivity contribution in [1.82, 2.24) is 10.2 Å². The molecule has 0 radical (unpaired) electrons. The van der Waals surface area contributed by atoms with E-state index in [0.717, 1.165) is 82.7 Å². The largest absolute Gasteiger partial charge is 0.493 e. The summed E-state index contributed by atoms with van der Waals surface area (Å²) in [6.07, 6.45) is 1.53. The van der Waals surface area contributed by atoms with Crippen LogP contribution >= 0.6 is 11.6 Å². The van der Waals surface area contributed by atoms with Crippen LogP contribution in [0, 0.1) is 27.7 Å². The number of nitrogens with one attached hydrogen (secondary N) is 1. The number of benzene rings is 4. The number of ether oxygens (including phenoxy) is 3. The fourth-order valence-electron chi connectivity index (χ4n) is 6.62. The third kappa shape index (κ3) is 9.65. The average Bonchev–Trinajstić information content (AvgIpc) is 3.56. The van der Waals surface area contributed by atoms with E-state index in [1.165, 1.54) is 0 Å². The molecule has 10 heteroatoms. The topological polar surface area (TPSA) is 124 Å². The van der Waals surface area contributed by atoms with Crippen LogP contribution in [0.25, 0.3) is 11.1 Å². The van der Waals surface area contributed by atoms with Gasteiger partial charge in [-0.2, -0.15) is 0 Å². The molecule has 280 valence electrons. The summed E-state index contributed by atoms with van der Waals surface area (Å²) in [6, 6.07) is 22.0. The first-order chi connectivity index (χ1) is 25.1. The summed E-state index contributed by atoms with van der Waals surface area (Å²) in [6.45, 7) is 10.9. The molecule has 1 saturated heterocycles. The molecule has 1 aliphatic rings. The highest BCUT2D eigenvalue weighted by atomic mass is 35.5. The van der Waals surface area contributed by atoms with Crippen molar-refractivity contribution in [2.75, 3.05) is 46.1 Å². The first kappa shape index (κ1) is 39.5. The van der Waals surface area contributed by atoms with Crippen LogP contribution in [0.5, 0.6) is 17.2 Å². The summed E-state index contributed by atoms with van der Waals surface area (Å²) in [5.74, 6) is 1.86. The highest BCUT2D eigenvalue weighted by molar-refractivity contribution is 6.32. The third-order valence-corrected chi connectivity index (χ3v) is 10.5. The van der Waals surface area contributed by atoms with Gasteiger partial charge in [0.25, 0.3) is 0 Å². The van der Waals surface area contributed by atoms with Gasteiger partial charge in [0, 0.05) is 37.8 Å². The highest BCUT2D eigenvalue weighted by Crippen LogP contribution is 2.37. The summed E-state index contributed by atoms with van der Waals surface area (Å²) in [4.78, 5) is 2.28. The lowest BCUT2D eigenvalue weighted by atomic mass is 9.93. The number of nitrogens with zero attached hydrogens (tertiary/aromatic N) is 1. The molecule has 1 heterocycles. The number of aliphatic hydroxyl groups is 4. The van der Waals surface area contributed by atoms with E-state index in [-0.39, 0.29) is 19.3 Å². The minimum absolute atomic E-state index is 0.176. The number of rotatable bonds is 18. The lowest BCUT2D eigenvalue weighted by Gasteiger charge is -2.29. The van der Waals surface area contributed by atoms with E-state index >= 15 is 0 Å². The summed E-state index contributed by atoms with van der Waals surface area (Å²) in [7, 11) is 0. The number of aryl methyl sites for hydroxylation is 2. The lowest BCUT2D eigenvalue weighted by Crippen LogP contribution is -2.54. The molecule has 0 aliphatic carbocycles. The van der Waals surface area contributed by atoms with Gasteiger partial charge in [-0.05, 0) is 97.2 Å². The van der Waals surface area contributed by atoms with E-state index in [2.05, 4.69) is 36.2 Å². The van der Waals surface area contributed by atoms with Crippen LogP contribution < -0.4 is 19.5 Å². The van der Waals surface area contributed by atoms with Gasteiger partial charge in [0.2, 0.25) is 0 Å². The van der Waals surface area contributed by atoms with E-state index in [9.17, 15) is 20.4 Å². The predicted octanol–water partition coefficient (Wildman–Crippen LogP) is 6.04. The molecule has 52 heavy (non-hydrogen) atoms. The Labute approximate surface area is 312 Å². The predicted molar refractivity (Wildman–Crippen MR) is 205 cm³/mol. The van der Waals surface area contributed by atoms with Crippen LogP contribution in [-0.4, -0.2) is 83.0 Å². The maximum Gasteiger partial charge on any atom is 0.142 e. The fourth-order valence-corrected chi connectivity index (χ4v) is 6.86. The minimum Gasteiger partial charge on any atom is -0.493 e. The van der Waals surface area contributed by atoms with Gasteiger partial charge in [-0.15, -0.1) is 0 Å². The number of β-amino-alcohol motifs (C(OH)–C–C–N with tert-alkyl or cyclic N) is 1. The van der Waals surface area contributed by atoms with Crippen molar-refractivity contribution in [3.63, 3.8) is 0 Å². The van der Waals surface area contributed by atoms with Crippen molar-refractivity contribution in [2.45, 2.75) is 71.9 Å². The van der Waals surface area contributed by atoms with Gasteiger partial charge >= 0.3 is 0 Å². The standard InChI is InChI=1S/C42H53ClN2O7/c1-28-9-5-10-29(2)37(28)24-52-40-20-41(38(43)19-33(40)21-44-42(25-46,26-47)27-48)51-23-32-11-6-12-35(30(32)3)36-13-7-14-39(31(36)4)50-18-8-16-45-17-15-34(49)22-45/h5-7,9-14,19-20,34,44,46-49H,8,15-18,21-27H2,1-4H3/t34-/m1/s1. The molecule has 5 N–H and O–H groups in total. The zero-order valence-electron chi connectivity index (χ0n) is 30.8. The smallest absolute Gasteiger partial charge is 0.142 e. The summed E-state index contributed by atoms with van der Waals surface area (Å²) < 4.78 is 19.0. The van der Waals surface area contributed by atoms with Crippen molar-refractivity contribution in [2.24, 2.45) is 0 Å². The van der Waals surface area contributed by atoms with Crippen molar-refractivity contribution < 1.29 is 34.6 Å². The molecule has 1 aliphatic heterocycles. The number of hydrogen-bond acceptors (Lipinski definition) is 9. The molecule has 0 bridgehead atoms. The molecular formula is C42H53ClN2O7. The third-order valence-electron chi connectivity index (χ3n) is 10.2. The Hall–Kier alpha value is -3.67. The van der Waals surface area contributed by atoms with Gasteiger partial charge in [0.15, 0.2) is 0 Å². The molecule has 0 amide bonds. The van der Waals surface area contributed by atoms with Gasteiger partial charge in [0.1, 0.15) is 30.5 Å². The molecule has 4 aromatic rings. The summed E-state index contributed by atoms with van der Waals surface area (Å²) >= 11 is 6.80. The molecular weight excluding hydrogens is 680 g/mol. The van der Waals surface area contributed by atoms with Crippen molar-refractivity contribution in [3.05, 3.63) is 111 Å². The van der Waals surface area contributed by atoms with Crippen LogP contribution in [0.1, 0.15) is 51.8 Å². The lowest BCUT2D eigenvalue weighted by molar-refractivity contribution is 0.0412. The maximum absolute atomic E-state index is 9.87. The minimum atomic E-state index is -1.27. The number of aliphatic hydroxyl groups excluding tert-OH is 4. The first-order valence-electron chi connectivity index (χ1n) is 18.0. The zero-order chi connectivity index (χ0) is 37.3. The fraction of sp³-hybridized carbons (Fsp3) is 0.429. The van der Waals surface area contributed by atoms with Gasteiger partial charge in [-0.3, -0.25) is 0 Å². The van der Waals surface area contributed by atoms with Crippen LogP contribution in [-0.2, 0) is 19.8 Å². The van der Waals surface area contributed by atoms with Gasteiger partial charge in [-0.1, -0.05) is 60.1 Å². The first-order valence-corrected chi connectivity index (χ1v) is 18.4. The quantitative estimate of drug-likeness (QED) is 0.0780. The van der Waals surface area contributed by atoms with Crippen molar-refractivity contribution in [1.29, 1.82) is 0 Å². The van der Waals surface area contributed by atoms with E-state index in [1.807, 2.05) is 56.3 Å². The van der Waals surface area contributed by atoms with Crippen LogP contribution in [0.2, 0.25) is 5.02 Å². The summed E-state index contributed by atoms with van der Waals surface area (Å²) in [5, 5.41) is 42.9. The second-order valence-corrected chi connectivity index (χ2v) is 14.3. The van der Waals surface area contributed by atoms with E-state index in [4.69, 9.17) is 25.8 Å². The monoisotopic (exact) mass is 732 g/mol. The van der Waals surface area contributed by atoms with E-state index in [1.54, 1.807) is 12.1 Å². The van der Waals surface area contributed by atoms with Gasteiger partial charge in [-0.25, -0.2) is 0 Å². The van der Waals surface area contributed by atoms with Gasteiger partial charge in [0.05, 0.1) is 43.1 Å². The maximum atomic E-state index is 9.87. The molecule has 5 rings (SSSR count). The average molecular weight is 733 g/mol. The van der Waals surface area contributed by atoms with Crippen LogP contribution in [0.3, 0.4) is 0 Å². The van der Waals surface area contributed by atoms with Crippen molar-refractivity contribution in [3.8, 4) is 28.4 Å². The van der Waals surface area contributed by atoms with Crippen LogP contribution in [0.15, 0.2) is 66.7 Å². The SMILES string of the molecule is Cc1cccc(C)c1COc1cc(OCc2cccc(-c3cccc(OCCCN4CC[C@@H](O)C4)c3C)c2C)c(Cl)cc1CNC(CO)(CO)CO.